The van der Waals surface area contributed by atoms with Crippen LogP contribution in [0.15, 0.2) is 29.6 Å². The van der Waals surface area contributed by atoms with Crippen molar-refractivity contribution < 1.29 is 9.13 Å². The van der Waals surface area contributed by atoms with E-state index < -0.39 is 0 Å². The quantitative estimate of drug-likeness (QED) is 0.694. The fourth-order valence-electron chi connectivity index (χ4n) is 2.31. The number of nitrogens with two attached hydrogens (primary N) is 1. The SMILES string of the molecule is CSc1nccc(-c2cc(F)cc3c2O[C@@H](CN)C3)n1. The minimum atomic E-state index is -0.288. The number of hydrogen-bond acceptors (Lipinski definition) is 5. The summed E-state index contributed by atoms with van der Waals surface area (Å²) < 4.78 is 19.6. The molecule has 2 heterocycles. The number of aromatic nitrogens is 2. The second-order valence-corrected chi connectivity index (χ2v) is 5.32. The van der Waals surface area contributed by atoms with Gasteiger partial charge in [-0.1, -0.05) is 11.8 Å². The van der Waals surface area contributed by atoms with Crippen LogP contribution in [0.5, 0.6) is 5.75 Å². The molecule has 1 aliphatic rings. The van der Waals surface area contributed by atoms with Gasteiger partial charge in [0.1, 0.15) is 17.7 Å². The fraction of sp³-hybridized carbons (Fsp3) is 0.286. The Morgan fingerprint density at radius 2 is 2.35 bits per heavy atom. The Bertz CT molecular complexity index is 650. The first-order valence-electron chi connectivity index (χ1n) is 6.28. The Labute approximate surface area is 120 Å². The Hall–Kier alpha value is -1.66. The van der Waals surface area contributed by atoms with Gasteiger partial charge in [-0.25, -0.2) is 14.4 Å². The number of ether oxygens (including phenoxy) is 1. The smallest absolute Gasteiger partial charge is 0.187 e. The molecule has 0 bridgehead atoms. The molecule has 6 heteroatoms. The third-order valence-electron chi connectivity index (χ3n) is 3.22. The highest BCUT2D eigenvalue weighted by Gasteiger charge is 2.26. The zero-order valence-corrected chi connectivity index (χ0v) is 11.8. The van der Waals surface area contributed by atoms with Crippen molar-refractivity contribution in [3.63, 3.8) is 0 Å². The van der Waals surface area contributed by atoms with Gasteiger partial charge in [-0.3, -0.25) is 0 Å². The predicted octanol–water partition coefficient (Wildman–Crippen LogP) is 2.27. The molecule has 104 valence electrons. The molecule has 0 fully saturated rings. The monoisotopic (exact) mass is 291 g/mol. The van der Waals surface area contributed by atoms with Crippen molar-refractivity contribution >= 4 is 11.8 Å². The number of benzene rings is 1. The summed E-state index contributed by atoms with van der Waals surface area (Å²) in [7, 11) is 0. The van der Waals surface area contributed by atoms with Crippen molar-refractivity contribution in [3.8, 4) is 17.0 Å². The molecule has 0 aliphatic carbocycles. The molecule has 1 aromatic carbocycles. The second kappa shape index (κ2) is 5.38. The van der Waals surface area contributed by atoms with Crippen molar-refractivity contribution in [2.24, 2.45) is 5.73 Å². The molecule has 2 aromatic rings. The Kier molecular flexibility index (Phi) is 3.58. The average molecular weight is 291 g/mol. The lowest BCUT2D eigenvalue weighted by atomic mass is 10.0. The highest BCUT2D eigenvalue weighted by atomic mass is 32.2. The van der Waals surface area contributed by atoms with Crippen molar-refractivity contribution in [1.82, 2.24) is 9.97 Å². The van der Waals surface area contributed by atoms with Crippen molar-refractivity contribution in [2.45, 2.75) is 17.7 Å². The lowest BCUT2D eigenvalue weighted by Gasteiger charge is -2.11. The topological polar surface area (TPSA) is 61.0 Å². The van der Waals surface area contributed by atoms with E-state index in [4.69, 9.17) is 10.5 Å². The number of nitrogens with zero attached hydrogens (tertiary/aromatic N) is 2. The summed E-state index contributed by atoms with van der Waals surface area (Å²) in [5, 5.41) is 0.647. The number of thioether (sulfide) groups is 1. The Balaban J connectivity index is 2.10. The van der Waals surface area contributed by atoms with Gasteiger partial charge in [-0.2, -0.15) is 0 Å². The third-order valence-corrected chi connectivity index (χ3v) is 3.78. The summed E-state index contributed by atoms with van der Waals surface area (Å²) in [6.07, 6.45) is 4.11. The molecule has 0 spiro atoms. The lowest BCUT2D eigenvalue weighted by molar-refractivity contribution is 0.242. The molecule has 2 N–H and O–H groups in total. The van der Waals surface area contributed by atoms with Gasteiger partial charge >= 0.3 is 0 Å². The Morgan fingerprint density at radius 1 is 1.50 bits per heavy atom. The van der Waals surface area contributed by atoms with Crippen LogP contribution in [-0.4, -0.2) is 28.9 Å². The van der Waals surface area contributed by atoms with E-state index in [0.717, 1.165) is 5.56 Å². The van der Waals surface area contributed by atoms with Crippen molar-refractivity contribution in [2.75, 3.05) is 12.8 Å². The normalized spacial score (nSPS) is 16.9. The summed E-state index contributed by atoms with van der Waals surface area (Å²) in [6.45, 7) is 0.412. The number of rotatable bonds is 3. The van der Waals surface area contributed by atoms with E-state index >= 15 is 0 Å². The third kappa shape index (κ3) is 2.36. The maximum absolute atomic E-state index is 13.8. The van der Waals surface area contributed by atoms with E-state index in [1.807, 2.05) is 6.26 Å². The molecule has 0 unspecified atom stereocenters. The summed E-state index contributed by atoms with van der Waals surface area (Å²) in [6, 6.07) is 4.71. The molecule has 3 rings (SSSR count). The molecule has 1 atom stereocenters. The van der Waals surface area contributed by atoms with Gasteiger partial charge in [0.15, 0.2) is 5.16 Å². The van der Waals surface area contributed by atoms with Gasteiger partial charge < -0.3 is 10.5 Å². The predicted molar refractivity (Wildman–Crippen MR) is 76.4 cm³/mol. The molecule has 4 nitrogen and oxygen atoms in total. The van der Waals surface area contributed by atoms with E-state index in [-0.39, 0.29) is 11.9 Å². The molecule has 1 aliphatic heterocycles. The summed E-state index contributed by atoms with van der Waals surface area (Å²) in [5.41, 5.74) is 7.81. The van der Waals surface area contributed by atoms with Crippen LogP contribution in [0, 0.1) is 5.82 Å². The molecular formula is C14H14FN3OS. The first-order valence-corrected chi connectivity index (χ1v) is 7.50. The van der Waals surface area contributed by atoms with Crippen LogP contribution >= 0.6 is 11.8 Å². The molecule has 1 aromatic heterocycles. The standard InChI is InChI=1S/C14H14FN3OS/c1-20-14-17-3-2-12(18-14)11-6-9(15)4-8-5-10(7-16)19-13(8)11/h2-4,6,10H,5,7,16H2,1H3/t10-/m1/s1. The largest absolute Gasteiger partial charge is 0.488 e. The van der Waals surface area contributed by atoms with Crippen LogP contribution in [0.1, 0.15) is 5.56 Å². The van der Waals surface area contributed by atoms with E-state index in [9.17, 15) is 4.39 Å². The van der Waals surface area contributed by atoms with E-state index in [0.29, 0.717) is 35.1 Å². The maximum atomic E-state index is 13.8. The van der Waals surface area contributed by atoms with Crippen molar-refractivity contribution in [3.05, 3.63) is 35.8 Å². The van der Waals surface area contributed by atoms with Crippen LogP contribution in [0.2, 0.25) is 0 Å². The zero-order chi connectivity index (χ0) is 14.1. The maximum Gasteiger partial charge on any atom is 0.187 e. The van der Waals surface area contributed by atoms with Crippen molar-refractivity contribution in [1.29, 1.82) is 0 Å². The fourth-order valence-corrected chi connectivity index (χ4v) is 2.66. The highest BCUT2D eigenvalue weighted by molar-refractivity contribution is 7.98. The van der Waals surface area contributed by atoms with Gasteiger partial charge in [0.2, 0.25) is 0 Å². The summed E-state index contributed by atoms with van der Waals surface area (Å²) >= 11 is 1.44. The van der Waals surface area contributed by atoms with Gasteiger partial charge in [-0.15, -0.1) is 0 Å². The second-order valence-electron chi connectivity index (χ2n) is 4.55. The van der Waals surface area contributed by atoms with Crippen LogP contribution in [0.25, 0.3) is 11.3 Å². The summed E-state index contributed by atoms with van der Waals surface area (Å²) in [4.78, 5) is 8.53. The van der Waals surface area contributed by atoms with E-state index in [1.165, 1.54) is 23.9 Å². The highest BCUT2D eigenvalue weighted by Crippen LogP contribution is 2.38. The number of halogens is 1. The average Bonchev–Trinajstić information content (AvgIpc) is 2.89. The Morgan fingerprint density at radius 3 is 3.10 bits per heavy atom. The molecule has 0 saturated heterocycles. The first kappa shape index (κ1) is 13.3. The molecule has 20 heavy (non-hydrogen) atoms. The minimum absolute atomic E-state index is 0.0904. The van der Waals surface area contributed by atoms with E-state index in [2.05, 4.69) is 9.97 Å². The molecular weight excluding hydrogens is 277 g/mol. The van der Waals surface area contributed by atoms with Crippen LogP contribution in [0.4, 0.5) is 4.39 Å². The van der Waals surface area contributed by atoms with Gasteiger partial charge in [-0.05, 0) is 24.5 Å². The minimum Gasteiger partial charge on any atom is -0.488 e. The number of fused-ring (bicyclic) bond motifs is 1. The van der Waals surface area contributed by atoms with Crippen LogP contribution in [0.3, 0.4) is 0 Å². The zero-order valence-electron chi connectivity index (χ0n) is 11.0. The van der Waals surface area contributed by atoms with E-state index in [1.54, 1.807) is 12.3 Å². The van der Waals surface area contributed by atoms with Gasteiger partial charge in [0.05, 0.1) is 5.69 Å². The van der Waals surface area contributed by atoms with Crippen LogP contribution < -0.4 is 10.5 Å². The number of hydrogen-bond donors (Lipinski definition) is 1. The summed E-state index contributed by atoms with van der Waals surface area (Å²) in [5.74, 6) is 0.400. The lowest BCUT2D eigenvalue weighted by Crippen LogP contribution is -2.24. The van der Waals surface area contributed by atoms with Gasteiger partial charge in [0.25, 0.3) is 0 Å². The van der Waals surface area contributed by atoms with Gasteiger partial charge in [0, 0.05) is 30.3 Å². The first-order chi connectivity index (χ1) is 9.71. The van der Waals surface area contributed by atoms with Crippen LogP contribution in [-0.2, 0) is 6.42 Å². The molecule has 0 amide bonds. The molecule has 0 saturated carbocycles. The molecule has 0 radical (unpaired) electrons.